The average molecular weight is 369 g/mol. The van der Waals surface area contributed by atoms with E-state index in [-0.39, 0.29) is 18.0 Å². The van der Waals surface area contributed by atoms with E-state index in [9.17, 15) is 9.59 Å². The minimum Gasteiger partial charge on any atom is -0.354 e. The highest BCUT2D eigenvalue weighted by Gasteiger charge is 2.16. The summed E-state index contributed by atoms with van der Waals surface area (Å²) in [5.74, 6) is 0.189. The maximum atomic E-state index is 13.0. The van der Waals surface area contributed by atoms with Crippen molar-refractivity contribution in [2.45, 2.75) is 34.2 Å². The molecule has 0 aliphatic heterocycles. The molecule has 0 atom stereocenters. The Morgan fingerprint density at radius 1 is 1.27 bits per heavy atom. The largest absolute Gasteiger partial charge is 0.354 e. The van der Waals surface area contributed by atoms with Crippen LogP contribution in [0.2, 0.25) is 0 Å². The van der Waals surface area contributed by atoms with E-state index in [2.05, 4.69) is 16.4 Å². The Hall–Kier alpha value is -2.47. The van der Waals surface area contributed by atoms with E-state index in [0.29, 0.717) is 22.7 Å². The van der Waals surface area contributed by atoms with Crippen LogP contribution in [0.25, 0.3) is 21.3 Å². The van der Waals surface area contributed by atoms with Gasteiger partial charge in [0.05, 0.1) is 11.7 Å². The maximum Gasteiger partial charge on any atom is 0.263 e. The third-order valence-electron chi connectivity index (χ3n) is 4.25. The number of aromatic nitrogens is 2. The summed E-state index contributed by atoms with van der Waals surface area (Å²) in [4.78, 5) is 30.2. The lowest BCUT2D eigenvalue weighted by Gasteiger charge is -2.10. The zero-order valence-corrected chi connectivity index (χ0v) is 16.3. The van der Waals surface area contributed by atoms with Gasteiger partial charge < -0.3 is 5.32 Å². The van der Waals surface area contributed by atoms with Crippen molar-refractivity contribution in [1.82, 2.24) is 14.9 Å². The zero-order valence-electron chi connectivity index (χ0n) is 15.5. The molecule has 0 unspecified atom stereocenters. The number of benzene rings is 1. The number of thiophene rings is 1. The van der Waals surface area contributed by atoms with Gasteiger partial charge in [-0.1, -0.05) is 37.6 Å². The monoisotopic (exact) mass is 369 g/mol. The molecule has 0 saturated heterocycles. The van der Waals surface area contributed by atoms with Gasteiger partial charge in [-0.3, -0.25) is 14.2 Å². The van der Waals surface area contributed by atoms with Crippen molar-refractivity contribution in [1.29, 1.82) is 0 Å². The van der Waals surface area contributed by atoms with Crippen LogP contribution in [-0.4, -0.2) is 22.0 Å². The number of carbonyl (C=O) groups is 1. The first kappa shape index (κ1) is 18.3. The molecular weight excluding hydrogens is 346 g/mol. The number of aryl methyl sites for hydroxylation is 2. The van der Waals surface area contributed by atoms with E-state index in [1.165, 1.54) is 27.8 Å². The Kier molecular flexibility index (Phi) is 5.23. The van der Waals surface area contributed by atoms with E-state index in [1.54, 1.807) is 0 Å². The van der Waals surface area contributed by atoms with Crippen molar-refractivity contribution >= 4 is 27.5 Å². The number of carbonyl (C=O) groups excluding carboxylic acids is 1. The number of rotatable bonds is 5. The van der Waals surface area contributed by atoms with Crippen LogP contribution in [0.5, 0.6) is 0 Å². The van der Waals surface area contributed by atoms with Crippen LogP contribution in [0.1, 0.15) is 25.0 Å². The summed E-state index contributed by atoms with van der Waals surface area (Å²) < 4.78 is 1.39. The molecule has 0 spiro atoms. The van der Waals surface area contributed by atoms with Gasteiger partial charge in [0.2, 0.25) is 5.91 Å². The topological polar surface area (TPSA) is 64.0 Å². The molecule has 2 heterocycles. The fourth-order valence-corrected chi connectivity index (χ4v) is 3.82. The fraction of sp³-hybridized carbons (Fsp3) is 0.350. The van der Waals surface area contributed by atoms with Gasteiger partial charge in [-0.05, 0) is 30.9 Å². The Bertz CT molecular complexity index is 1020. The number of nitrogens with zero attached hydrogens (tertiary/aromatic N) is 2. The second kappa shape index (κ2) is 7.41. The van der Waals surface area contributed by atoms with Crippen LogP contribution in [0, 0.1) is 19.8 Å². The Labute approximate surface area is 156 Å². The first-order valence-electron chi connectivity index (χ1n) is 8.67. The van der Waals surface area contributed by atoms with E-state index in [1.807, 2.05) is 45.2 Å². The number of hydrogen-bond acceptors (Lipinski definition) is 4. The van der Waals surface area contributed by atoms with Crippen molar-refractivity contribution in [2.75, 3.05) is 6.54 Å². The van der Waals surface area contributed by atoms with Crippen LogP contribution in [-0.2, 0) is 11.3 Å². The Morgan fingerprint density at radius 2 is 2.04 bits per heavy atom. The van der Waals surface area contributed by atoms with E-state index in [0.717, 1.165) is 16.7 Å². The molecule has 0 bridgehead atoms. The van der Waals surface area contributed by atoms with Gasteiger partial charge >= 0.3 is 0 Å². The predicted octanol–water partition coefficient (Wildman–Crippen LogP) is 3.51. The van der Waals surface area contributed by atoms with E-state index in [4.69, 9.17) is 0 Å². The summed E-state index contributed by atoms with van der Waals surface area (Å²) in [5, 5.41) is 5.39. The van der Waals surface area contributed by atoms with Crippen LogP contribution >= 0.6 is 11.3 Å². The summed E-state index contributed by atoms with van der Waals surface area (Å²) >= 11 is 1.45. The van der Waals surface area contributed by atoms with Crippen LogP contribution in [0.3, 0.4) is 0 Å². The van der Waals surface area contributed by atoms with Gasteiger partial charge in [-0.15, -0.1) is 11.3 Å². The lowest BCUT2D eigenvalue weighted by molar-refractivity contribution is -0.121. The number of fused-ring (bicyclic) bond motifs is 1. The third-order valence-corrected chi connectivity index (χ3v) is 5.14. The van der Waals surface area contributed by atoms with Gasteiger partial charge in [-0.25, -0.2) is 4.98 Å². The molecule has 2 aromatic heterocycles. The molecule has 136 valence electrons. The molecule has 1 amide bonds. The fourth-order valence-electron chi connectivity index (χ4n) is 2.92. The average Bonchev–Trinajstić information content (AvgIpc) is 3.00. The van der Waals surface area contributed by atoms with Crippen molar-refractivity contribution in [3.63, 3.8) is 0 Å². The van der Waals surface area contributed by atoms with E-state index >= 15 is 0 Å². The summed E-state index contributed by atoms with van der Waals surface area (Å²) in [6.07, 6.45) is 1.46. The van der Waals surface area contributed by atoms with Crippen molar-refractivity contribution in [3.8, 4) is 11.1 Å². The molecule has 3 aromatic rings. The number of hydrogen-bond donors (Lipinski definition) is 1. The molecule has 0 saturated carbocycles. The Balaban J connectivity index is 2.01. The molecule has 5 nitrogen and oxygen atoms in total. The molecule has 6 heteroatoms. The highest BCUT2D eigenvalue weighted by atomic mass is 32.1. The summed E-state index contributed by atoms with van der Waals surface area (Å²) in [6.45, 7) is 8.72. The molecule has 0 aliphatic carbocycles. The van der Waals surface area contributed by atoms with Gasteiger partial charge in [0.15, 0.2) is 0 Å². The summed E-state index contributed by atoms with van der Waals surface area (Å²) in [5.41, 5.74) is 4.04. The lowest BCUT2D eigenvalue weighted by atomic mass is 9.99. The second-order valence-electron chi connectivity index (χ2n) is 7.02. The van der Waals surface area contributed by atoms with Crippen molar-refractivity contribution in [3.05, 3.63) is 51.4 Å². The Morgan fingerprint density at radius 3 is 2.73 bits per heavy atom. The van der Waals surface area contributed by atoms with Crippen molar-refractivity contribution < 1.29 is 4.79 Å². The third kappa shape index (κ3) is 3.70. The van der Waals surface area contributed by atoms with Crippen LogP contribution in [0.15, 0.2) is 34.7 Å². The highest BCUT2D eigenvalue weighted by molar-refractivity contribution is 7.17. The predicted molar refractivity (Wildman–Crippen MR) is 107 cm³/mol. The normalized spacial score (nSPS) is 11.3. The second-order valence-corrected chi connectivity index (χ2v) is 7.88. The van der Waals surface area contributed by atoms with Gasteiger partial charge in [0.25, 0.3) is 5.56 Å². The quantitative estimate of drug-likeness (QED) is 0.748. The van der Waals surface area contributed by atoms with Gasteiger partial charge in [-0.2, -0.15) is 0 Å². The molecule has 3 rings (SSSR count). The first-order valence-corrected chi connectivity index (χ1v) is 9.55. The molecule has 0 aliphatic rings. The first-order chi connectivity index (χ1) is 12.4. The van der Waals surface area contributed by atoms with Gasteiger partial charge in [0.1, 0.15) is 11.4 Å². The minimum absolute atomic E-state index is 0.0172. The molecule has 0 fully saturated rings. The van der Waals surface area contributed by atoms with Crippen molar-refractivity contribution in [2.24, 2.45) is 5.92 Å². The minimum atomic E-state index is -0.176. The molecule has 0 radical (unpaired) electrons. The molecule has 1 aromatic carbocycles. The van der Waals surface area contributed by atoms with E-state index < -0.39 is 0 Å². The lowest BCUT2D eigenvalue weighted by Crippen LogP contribution is -2.34. The molecule has 1 N–H and O–H groups in total. The molecular formula is C20H23N3O2S. The van der Waals surface area contributed by atoms with Crippen LogP contribution in [0.4, 0.5) is 0 Å². The number of amides is 1. The zero-order chi connectivity index (χ0) is 18.8. The van der Waals surface area contributed by atoms with Gasteiger partial charge in [0, 0.05) is 17.5 Å². The maximum absolute atomic E-state index is 13.0. The van der Waals surface area contributed by atoms with Crippen LogP contribution < -0.4 is 10.9 Å². The number of nitrogens with one attached hydrogen (secondary N) is 1. The SMILES string of the molecule is Cc1ccc(-c2csc3ncn(CC(=O)NCC(C)C)c(=O)c23)c(C)c1. The molecule has 26 heavy (non-hydrogen) atoms. The standard InChI is InChI=1S/C20H23N3O2S/c1-12(2)8-21-17(24)9-23-11-22-19-18(20(23)25)16(10-26-19)15-6-5-13(3)7-14(15)4/h5-7,10-12H,8-9H2,1-4H3,(H,21,24). The highest BCUT2D eigenvalue weighted by Crippen LogP contribution is 2.32. The summed E-state index contributed by atoms with van der Waals surface area (Å²) in [7, 11) is 0. The summed E-state index contributed by atoms with van der Waals surface area (Å²) in [6, 6.07) is 6.19. The smallest absolute Gasteiger partial charge is 0.263 e.